The van der Waals surface area contributed by atoms with Gasteiger partial charge in [-0.25, -0.2) is 4.79 Å². The molecule has 1 atom stereocenters. The van der Waals surface area contributed by atoms with Crippen LogP contribution in [0.25, 0.3) is 0 Å². The topological polar surface area (TPSA) is 75.6 Å². The Labute approximate surface area is 115 Å². The fourth-order valence-corrected chi connectivity index (χ4v) is 1.84. The molecule has 0 aromatic rings. The van der Waals surface area contributed by atoms with E-state index < -0.39 is 12.1 Å². The van der Waals surface area contributed by atoms with Gasteiger partial charge in [-0.3, -0.25) is 4.79 Å². The van der Waals surface area contributed by atoms with E-state index in [2.05, 4.69) is 32.7 Å². The van der Waals surface area contributed by atoms with E-state index in [0.717, 1.165) is 6.42 Å². The van der Waals surface area contributed by atoms with E-state index in [0.29, 0.717) is 13.0 Å². The Bertz CT molecular complexity index is 307. The first-order valence-corrected chi connectivity index (χ1v) is 6.50. The molecule has 5 nitrogen and oxygen atoms in total. The molecule has 0 rings (SSSR count). The van der Waals surface area contributed by atoms with Crippen molar-refractivity contribution < 1.29 is 19.4 Å². The van der Waals surface area contributed by atoms with Crippen molar-refractivity contribution in [3.05, 3.63) is 12.7 Å². The minimum absolute atomic E-state index is 0.0160. The highest BCUT2D eigenvalue weighted by atomic mass is 16.5. The van der Waals surface area contributed by atoms with Crippen LogP contribution in [0.2, 0.25) is 0 Å². The molecule has 0 aromatic carbocycles. The fraction of sp³-hybridized carbons (Fsp3) is 0.714. The quantitative estimate of drug-likeness (QED) is 0.666. The van der Waals surface area contributed by atoms with Crippen LogP contribution in [-0.4, -0.2) is 30.3 Å². The van der Waals surface area contributed by atoms with Crippen molar-refractivity contribution >= 4 is 12.1 Å². The number of hydrogen-bond acceptors (Lipinski definition) is 3. The Balaban J connectivity index is 4.09. The van der Waals surface area contributed by atoms with Crippen molar-refractivity contribution in [2.75, 3.05) is 13.2 Å². The Morgan fingerprint density at radius 3 is 2.47 bits per heavy atom. The van der Waals surface area contributed by atoms with Gasteiger partial charge < -0.3 is 15.2 Å². The molecule has 0 saturated carbocycles. The molecular weight excluding hydrogens is 246 g/mol. The molecule has 19 heavy (non-hydrogen) atoms. The van der Waals surface area contributed by atoms with Crippen LogP contribution >= 0.6 is 0 Å². The summed E-state index contributed by atoms with van der Waals surface area (Å²) in [6.45, 7) is 10.4. The lowest BCUT2D eigenvalue weighted by atomic mass is 9.76. The van der Waals surface area contributed by atoms with Crippen LogP contribution in [-0.2, 0) is 9.53 Å². The third-order valence-electron chi connectivity index (χ3n) is 3.03. The molecule has 0 aromatic heterocycles. The molecule has 1 unspecified atom stereocenters. The van der Waals surface area contributed by atoms with Gasteiger partial charge in [0.15, 0.2) is 0 Å². The van der Waals surface area contributed by atoms with Gasteiger partial charge in [0.2, 0.25) is 0 Å². The molecule has 0 aliphatic rings. The van der Waals surface area contributed by atoms with Crippen molar-refractivity contribution in [3.8, 4) is 0 Å². The molecule has 5 heteroatoms. The maximum absolute atomic E-state index is 11.2. The SMILES string of the molecule is C=CCOC(=O)NCCC(CCC(=O)O)C(C)(C)C. The van der Waals surface area contributed by atoms with Crippen molar-refractivity contribution in [3.63, 3.8) is 0 Å². The smallest absolute Gasteiger partial charge is 0.407 e. The van der Waals surface area contributed by atoms with Gasteiger partial charge in [-0.1, -0.05) is 33.4 Å². The van der Waals surface area contributed by atoms with Crippen LogP contribution in [0.1, 0.15) is 40.0 Å². The third-order valence-corrected chi connectivity index (χ3v) is 3.03. The largest absolute Gasteiger partial charge is 0.481 e. The summed E-state index contributed by atoms with van der Waals surface area (Å²) >= 11 is 0. The van der Waals surface area contributed by atoms with Gasteiger partial charge in [-0.2, -0.15) is 0 Å². The number of alkyl carbamates (subject to hydrolysis) is 1. The lowest BCUT2D eigenvalue weighted by Gasteiger charge is -2.30. The van der Waals surface area contributed by atoms with Gasteiger partial charge in [-0.05, 0) is 24.2 Å². The second-order valence-electron chi connectivity index (χ2n) is 5.60. The zero-order valence-corrected chi connectivity index (χ0v) is 12.1. The van der Waals surface area contributed by atoms with Crippen LogP contribution in [0.15, 0.2) is 12.7 Å². The number of ether oxygens (including phenoxy) is 1. The molecule has 0 radical (unpaired) electrons. The molecule has 0 fully saturated rings. The molecule has 1 amide bonds. The van der Waals surface area contributed by atoms with E-state index in [4.69, 9.17) is 9.84 Å². The summed E-state index contributed by atoms with van der Waals surface area (Å²) in [5.74, 6) is -0.545. The average Bonchev–Trinajstić information content (AvgIpc) is 2.28. The van der Waals surface area contributed by atoms with Gasteiger partial charge in [0.25, 0.3) is 0 Å². The number of carboxylic acids is 1. The molecule has 0 bridgehead atoms. The number of nitrogens with one attached hydrogen (secondary N) is 1. The summed E-state index contributed by atoms with van der Waals surface area (Å²) in [5, 5.41) is 11.4. The minimum Gasteiger partial charge on any atom is -0.481 e. The Kier molecular flexibility index (Phi) is 7.87. The van der Waals surface area contributed by atoms with Crippen molar-refractivity contribution in [2.45, 2.75) is 40.0 Å². The first kappa shape index (κ1) is 17.5. The summed E-state index contributed by atoms with van der Waals surface area (Å²) in [7, 11) is 0. The highest BCUT2D eigenvalue weighted by Crippen LogP contribution is 2.32. The predicted molar refractivity (Wildman–Crippen MR) is 74.0 cm³/mol. The highest BCUT2D eigenvalue weighted by Gasteiger charge is 2.24. The second kappa shape index (κ2) is 8.56. The number of amides is 1. The summed E-state index contributed by atoms with van der Waals surface area (Å²) < 4.78 is 4.79. The van der Waals surface area contributed by atoms with Crippen LogP contribution in [0.4, 0.5) is 4.79 Å². The molecule has 0 saturated heterocycles. The van der Waals surface area contributed by atoms with Crippen molar-refractivity contribution in [2.24, 2.45) is 11.3 Å². The number of carbonyl (C=O) groups excluding carboxylic acids is 1. The molecule has 0 heterocycles. The lowest BCUT2D eigenvalue weighted by Crippen LogP contribution is -2.30. The minimum atomic E-state index is -0.785. The maximum Gasteiger partial charge on any atom is 0.407 e. The summed E-state index contributed by atoms with van der Waals surface area (Å²) in [5.41, 5.74) is 0.0160. The zero-order chi connectivity index (χ0) is 14.9. The van der Waals surface area contributed by atoms with Crippen molar-refractivity contribution in [1.82, 2.24) is 5.32 Å². The van der Waals surface area contributed by atoms with Gasteiger partial charge in [0.1, 0.15) is 6.61 Å². The molecular formula is C14H25NO4. The normalized spacial score (nSPS) is 12.6. The van der Waals surface area contributed by atoms with E-state index in [-0.39, 0.29) is 24.4 Å². The third kappa shape index (κ3) is 9.11. The zero-order valence-electron chi connectivity index (χ0n) is 12.1. The number of carbonyl (C=O) groups is 2. The number of rotatable bonds is 8. The fourth-order valence-electron chi connectivity index (χ4n) is 1.84. The average molecular weight is 271 g/mol. The Morgan fingerprint density at radius 2 is 2.00 bits per heavy atom. The van der Waals surface area contributed by atoms with Gasteiger partial charge in [0, 0.05) is 13.0 Å². The van der Waals surface area contributed by atoms with Crippen LogP contribution in [0.3, 0.4) is 0 Å². The maximum atomic E-state index is 11.2. The Morgan fingerprint density at radius 1 is 1.37 bits per heavy atom. The lowest BCUT2D eigenvalue weighted by molar-refractivity contribution is -0.137. The molecule has 0 aliphatic heterocycles. The Hall–Kier alpha value is -1.52. The predicted octanol–water partition coefficient (Wildman–Crippen LogP) is 2.82. The molecule has 110 valence electrons. The van der Waals surface area contributed by atoms with E-state index in [1.54, 1.807) is 0 Å². The number of carboxylic acid groups (broad SMARTS) is 1. The van der Waals surface area contributed by atoms with Crippen LogP contribution in [0.5, 0.6) is 0 Å². The van der Waals surface area contributed by atoms with E-state index in [9.17, 15) is 9.59 Å². The first-order valence-electron chi connectivity index (χ1n) is 6.50. The number of hydrogen-bond donors (Lipinski definition) is 2. The van der Waals surface area contributed by atoms with E-state index >= 15 is 0 Å². The molecule has 2 N–H and O–H groups in total. The number of aliphatic carboxylic acids is 1. The first-order chi connectivity index (χ1) is 8.77. The molecule has 0 spiro atoms. The summed E-state index contributed by atoms with van der Waals surface area (Å²) in [6, 6.07) is 0. The van der Waals surface area contributed by atoms with E-state index in [1.165, 1.54) is 6.08 Å². The highest BCUT2D eigenvalue weighted by molar-refractivity contribution is 5.67. The monoisotopic (exact) mass is 271 g/mol. The van der Waals surface area contributed by atoms with Gasteiger partial charge in [0.05, 0.1) is 0 Å². The van der Waals surface area contributed by atoms with Gasteiger partial charge in [-0.15, -0.1) is 0 Å². The summed E-state index contributed by atoms with van der Waals surface area (Å²) in [6.07, 6.45) is 2.54. The van der Waals surface area contributed by atoms with E-state index in [1.807, 2.05) is 0 Å². The molecule has 0 aliphatic carbocycles. The standard InChI is InChI=1S/C14H25NO4/c1-5-10-19-13(18)15-9-8-11(14(2,3)4)6-7-12(16)17/h5,11H,1,6-10H2,2-4H3,(H,15,18)(H,16,17). The van der Waals surface area contributed by atoms with Gasteiger partial charge >= 0.3 is 12.1 Å². The second-order valence-corrected chi connectivity index (χ2v) is 5.60. The van der Waals surface area contributed by atoms with Crippen LogP contribution in [0, 0.1) is 11.3 Å². The van der Waals surface area contributed by atoms with Crippen LogP contribution < -0.4 is 5.32 Å². The summed E-state index contributed by atoms with van der Waals surface area (Å²) in [4.78, 5) is 21.9. The van der Waals surface area contributed by atoms with Crippen molar-refractivity contribution in [1.29, 1.82) is 0 Å².